The largest absolute Gasteiger partial charge is 0.397 e. The average molecular weight is 1210 g/mol. The van der Waals surface area contributed by atoms with E-state index in [1.54, 1.807) is 6.08 Å². The number of hydrogen-bond acceptors (Lipinski definition) is 10. The van der Waals surface area contributed by atoms with Crippen LogP contribution in [0.3, 0.4) is 0 Å². The van der Waals surface area contributed by atoms with Crippen molar-refractivity contribution in [1.29, 1.82) is 0 Å². The van der Waals surface area contributed by atoms with Gasteiger partial charge in [0, 0.05) is 6.42 Å². The van der Waals surface area contributed by atoms with Crippen molar-refractivity contribution in [3.8, 4) is 0 Å². The van der Waals surface area contributed by atoms with Crippen molar-refractivity contribution in [2.45, 2.75) is 397 Å². The van der Waals surface area contributed by atoms with Gasteiger partial charge in [-0.05, 0) is 51.4 Å². The first-order chi connectivity index (χ1) is 41.0. The van der Waals surface area contributed by atoms with E-state index in [1.165, 1.54) is 283 Å². The molecule has 1 amide bonds. The molecule has 0 bridgehead atoms. The Kier molecular flexibility index (Phi) is 57.6. The second-order valence-electron chi connectivity index (χ2n) is 25.2. The van der Waals surface area contributed by atoms with Crippen molar-refractivity contribution in [2.75, 3.05) is 13.2 Å². The maximum absolute atomic E-state index is 13.2. The Hall–Kier alpha value is -1.68. The summed E-state index contributed by atoms with van der Waals surface area (Å²) in [6.07, 6.45) is 70.8. The molecule has 7 unspecified atom stereocenters. The standard InChI is InChI=1S/C71H135NO11S/c1-3-5-7-9-11-13-15-17-19-21-23-25-27-28-29-30-31-32-33-34-35-36-37-38-39-41-43-45-47-49-51-53-55-57-59-61-67(75)72-64(63-81-71-69(77)70(83-84(78,79)80)68(76)66(62-73)82-71)65(74)60-58-56-54-52-50-48-46-44-42-40-26-24-22-20-18-16-14-12-10-8-6-4-2/h27-28,30-31,58,60,64-66,68-71,73-74,76-77H,3-26,29,32-57,59,61-63H2,1-2H3,(H,72,75)(H,78,79,80)/b28-27-,31-30-,60-58+. The smallest absolute Gasteiger partial charge is 0.394 e. The number of allylic oxidation sites excluding steroid dienone is 5. The summed E-state index contributed by atoms with van der Waals surface area (Å²) in [5, 5.41) is 45.2. The van der Waals surface area contributed by atoms with E-state index < -0.39 is 59.9 Å². The van der Waals surface area contributed by atoms with Crippen molar-refractivity contribution < 1.29 is 51.8 Å². The monoisotopic (exact) mass is 1210 g/mol. The Bertz CT molecular complexity index is 1610. The van der Waals surface area contributed by atoms with Crippen LogP contribution in [0.15, 0.2) is 36.5 Å². The second kappa shape index (κ2) is 60.2. The molecule has 0 aliphatic carbocycles. The number of hydrogen-bond donors (Lipinski definition) is 6. The molecule has 84 heavy (non-hydrogen) atoms. The van der Waals surface area contributed by atoms with E-state index in [2.05, 4.69) is 47.7 Å². The SMILES string of the molecule is CCCCCCCCCCCCC/C=C\C/C=C\CCCCCCCCCCCCCCCCCCCC(=O)NC(COC1OC(CO)C(O)C(OS(=O)(=O)O)C1O)C(O)/C=C/CCCCCCCCCCCCCCCCCCCCCC. The van der Waals surface area contributed by atoms with Gasteiger partial charge in [0.05, 0.1) is 25.4 Å². The van der Waals surface area contributed by atoms with Gasteiger partial charge in [0.25, 0.3) is 0 Å². The summed E-state index contributed by atoms with van der Waals surface area (Å²) in [4.78, 5) is 13.2. The van der Waals surface area contributed by atoms with E-state index >= 15 is 0 Å². The van der Waals surface area contributed by atoms with Crippen LogP contribution in [-0.2, 0) is 28.9 Å². The lowest BCUT2D eigenvalue weighted by atomic mass is 9.99. The molecular formula is C71H135NO11S. The Morgan fingerprint density at radius 3 is 1.13 bits per heavy atom. The van der Waals surface area contributed by atoms with Crippen molar-refractivity contribution in [3.63, 3.8) is 0 Å². The molecule has 13 heteroatoms. The summed E-state index contributed by atoms with van der Waals surface area (Å²) in [6, 6.07) is -0.945. The van der Waals surface area contributed by atoms with Gasteiger partial charge < -0.3 is 35.2 Å². The minimum Gasteiger partial charge on any atom is -0.394 e. The highest BCUT2D eigenvalue weighted by Gasteiger charge is 2.48. The number of rotatable bonds is 64. The van der Waals surface area contributed by atoms with E-state index in [0.717, 1.165) is 44.9 Å². The zero-order valence-electron chi connectivity index (χ0n) is 54.5. The van der Waals surface area contributed by atoms with Crippen LogP contribution in [0.2, 0.25) is 0 Å². The summed E-state index contributed by atoms with van der Waals surface area (Å²) >= 11 is 0. The first kappa shape index (κ1) is 80.3. The molecule has 1 heterocycles. The lowest BCUT2D eigenvalue weighted by Gasteiger charge is -2.41. The lowest BCUT2D eigenvalue weighted by Crippen LogP contribution is -2.61. The zero-order chi connectivity index (χ0) is 61.1. The molecule has 0 saturated carbocycles. The van der Waals surface area contributed by atoms with Crippen LogP contribution < -0.4 is 5.32 Å². The number of carbonyl (C=O) groups excluding carboxylic acids is 1. The number of unbranched alkanes of at least 4 members (excludes halogenated alkanes) is 48. The van der Waals surface area contributed by atoms with Gasteiger partial charge in [-0.25, -0.2) is 4.18 Å². The van der Waals surface area contributed by atoms with Crippen molar-refractivity contribution in [1.82, 2.24) is 5.32 Å². The summed E-state index contributed by atoms with van der Waals surface area (Å²) in [5.41, 5.74) is 0. The topological polar surface area (TPSA) is 192 Å². The van der Waals surface area contributed by atoms with Crippen LogP contribution in [0.1, 0.15) is 354 Å². The highest BCUT2D eigenvalue weighted by molar-refractivity contribution is 7.80. The molecule has 0 radical (unpaired) electrons. The molecule has 7 atom stereocenters. The minimum absolute atomic E-state index is 0.256. The number of ether oxygens (including phenoxy) is 2. The normalized spacial score (nSPS) is 18.5. The van der Waals surface area contributed by atoms with Crippen molar-refractivity contribution in [2.24, 2.45) is 0 Å². The van der Waals surface area contributed by atoms with E-state index in [-0.39, 0.29) is 18.9 Å². The number of nitrogens with one attached hydrogen (secondary N) is 1. The minimum atomic E-state index is -5.09. The maximum Gasteiger partial charge on any atom is 0.397 e. The number of amides is 1. The van der Waals surface area contributed by atoms with Crippen LogP contribution >= 0.6 is 0 Å². The molecule has 0 aromatic heterocycles. The fraction of sp³-hybridized carbons (Fsp3) is 0.901. The van der Waals surface area contributed by atoms with Crippen LogP contribution in [-0.4, -0.2) is 95.4 Å². The third-order valence-corrected chi connectivity index (χ3v) is 17.6. The zero-order valence-corrected chi connectivity index (χ0v) is 55.3. The van der Waals surface area contributed by atoms with Gasteiger partial charge in [0.2, 0.25) is 5.91 Å². The van der Waals surface area contributed by atoms with Crippen LogP contribution in [0.4, 0.5) is 0 Å². The molecule has 12 nitrogen and oxygen atoms in total. The molecule has 1 fully saturated rings. The van der Waals surface area contributed by atoms with Gasteiger partial charge in [-0.3, -0.25) is 9.35 Å². The van der Waals surface area contributed by atoms with E-state index in [4.69, 9.17) is 9.47 Å². The van der Waals surface area contributed by atoms with E-state index in [0.29, 0.717) is 6.42 Å². The Balaban J connectivity index is 2.22. The predicted octanol–water partition coefficient (Wildman–Crippen LogP) is 18.9. The average Bonchev–Trinajstić information content (AvgIpc) is 3.68. The lowest BCUT2D eigenvalue weighted by molar-refractivity contribution is -0.298. The molecule has 0 aromatic carbocycles. The number of aliphatic hydroxyl groups is 4. The van der Waals surface area contributed by atoms with Gasteiger partial charge in [-0.1, -0.05) is 333 Å². The summed E-state index contributed by atoms with van der Waals surface area (Å²) < 4.78 is 48.1. The number of aliphatic hydroxyl groups excluding tert-OH is 4. The van der Waals surface area contributed by atoms with Crippen molar-refractivity contribution >= 4 is 16.3 Å². The summed E-state index contributed by atoms with van der Waals surface area (Å²) in [5.74, 6) is -0.256. The van der Waals surface area contributed by atoms with Crippen LogP contribution in [0.25, 0.3) is 0 Å². The Morgan fingerprint density at radius 2 is 0.798 bits per heavy atom. The molecule has 0 aromatic rings. The molecule has 1 rings (SSSR count). The molecule has 0 spiro atoms. The predicted molar refractivity (Wildman–Crippen MR) is 352 cm³/mol. The van der Waals surface area contributed by atoms with E-state index in [9.17, 15) is 38.2 Å². The van der Waals surface area contributed by atoms with Crippen LogP contribution in [0.5, 0.6) is 0 Å². The first-order valence-electron chi connectivity index (χ1n) is 35.9. The summed E-state index contributed by atoms with van der Waals surface area (Å²) in [7, 11) is -5.09. The third kappa shape index (κ3) is 51.2. The molecule has 496 valence electrons. The highest BCUT2D eigenvalue weighted by atomic mass is 32.3. The second-order valence-corrected chi connectivity index (χ2v) is 26.2. The van der Waals surface area contributed by atoms with E-state index in [1.807, 2.05) is 6.08 Å². The van der Waals surface area contributed by atoms with Gasteiger partial charge in [0.1, 0.15) is 24.4 Å². The third-order valence-electron chi connectivity index (χ3n) is 17.2. The molecule has 6 N–H and O–H groups in total. The molecule has 1 saturated heterocycles. The molecular weight excluding hydrogens is 1070 g/mol. The van der Waals surface area contributed by atoms with Crippen molar-refractivity contribution in [3.05, 3.63) is 36.5 Å². The molecule has 1 aliphatic heterocycles. The van der Waals surface area contributed by atoms with Gasteiger partial charge >= 0.3 is 10.4 Å². The van der Waals surface area contributed by atoms with Crippen LogP contribution in [0, 0.1) is 0 Å². The Labute approximate surface area is 517 Å². The Morgan fingerprint density at radius 1 is 0.476 bits per heavy atom. The molecule has 1 aliphatic rings. The fourth-order valence-corrected chi connectivity index (χ4v) is 12.2. The fourth-order valence-electron chi connectivity index (χ4n) is 11.7. The first-order valence-corrected chi connectivity index (χ1v) is 37.2. The highest BCUT2D eigenvalue weighted by Crippen LogP contribution is 2.26. The number of carbonyl (C=O) groups is 1. The van der Waals surface area contributed by atoms with Gasteiger partial charge in [0.15, 0.2) is 6.29 Å². The van der Waals surface area contributed by atoms with Gasteiger partial charge in [-0.15, -0.1) is 0 Å². The summed E-state index contributed by atoms with van der Waals surface area (Å²) in [6.45, 7) is 3.46. The van der Waals surface area contributed by atoms with Gasteiger partial charge in [-0.2, -0.15) is 8.42 Å². The quantitative estimate of drug-likeness (QED) is 0.0193. The maximum atomic E-state index is 13.2.